The maximum atomic E-state index is 3.64. The minimum Gasteiger partial charge on any atom is -0.370 e. The fraction of sp³-hybridized carbons (Fsp3) is 0.625. The highest BCUT2D eigenvalue weighted by Gasteiger charge is 2.22. The standard InChI is InChI=1S/C16H26N2/c1-4-14-7-9-15(10-8-14)18-12-6-5-11-17-16(2,3)13-18/h7-10,17H,4-6,11-13H2,1-3H3. The number of rotatable bonds is 2. The first-order chi connectivity index (χ1) is 8.61. The molecule has 0 aliphatic carbocycles. The molecule has 0 unspecified atom stereocenters. The van der Waals surface area contributed by atoms with Gasteiger partial charge in [0.15, 0.2) is 0 Å². The maximum Gasteiger partial charge on any atom is 0.0367 e. The van der Waals surface area contributed by atoms with E-state index in [1.807, 2.05) is 0 Å². The van der Waals surface area contributed by atoms with E-state index in [0.717, 1.165) is 19.5 Å². The van der Waals surface area contributed by atoms with Crippen molar-refractivity contribution in [2.24, 2.45) is 0 Å². The molecule has 1 heterocycles. The molecule has 100 valence electrons. The summed E-state index contributed by atoms with van der Waals surface area (Å²) >= 11 is 0. The van der Waals surface area contributed by atoms with Crippen LogP contribution in [-0.2, 0) is 6.42 Å². The third-order valence-electron chi connectivity index (χ3n) is 3.75. The third-order valence-corrected chi connectivity index (χ3v) is 3.75. The number of hydrogen-bond acceptors (Lipinski definition) is 2. The lowest BCUT2D eigenvalue weighted by atomic mass is 10.0. The minimum atomic E-state index is 0.198. The minimum absolute atomic E-state index is 0.198. The van der Waals surface area contributed by atoms with E-state index in [-0.39, 0.29) is 5.54 Å². The van der Waals surface area contributed by atoms with Crippen molar-refractivity contribution >= 4 is 5.69 Å². The summed E-state index contributed by atoms with van der Waals surface area (Å²) in [5, 5.41) is 3.64. The summed E-state index contributed by atoms with van der Waals surface area (Å²) in [7, 11) is 0. The van der Waals surface area contributed by atoms with Crippen LogP contribution in [0.3, 0.4) is 0 Å². The van der Waals surface area contributed by atoms with Gasteiger partial charge in [0, 0.05) is 24.3 Å². The Morgan fingerprint density at radius 1 is 1.17 bits per heavy atom. The van der Waals surface area contributed by atoms with E-state index >= 15 is 0 Å². The van der Waals surface area contributed by atoms with Gasteiger partial charge in [-0.3, -0.25) is 0 Å². The Morgan fingerprint density at radius 3 is 2.56 bits per heavy atom. The zero-order chi connectivity index (χ0) is 13.0. The molecule has 0 saturated carbocycles. The molecule has 1 aliphatic rings. The SMILES string of the molecule is CCc1ccc(N2CCCCNC(C)(C)C2)cc1. The van der Waals surface area contributed by atoms with E-state index in [4.69, 9.17) is 0 Å². The van der Waals surface area contributed by atoms with E-state index in [1.54, 1.807) is 0 Å². The summed E-state index contributed by atoms with van der Waals surface area (Å²) in [4.78, 5) is 2.52. The van der Waals surface area contributed by atoms with Crippen LogP contribution >= 0.6 is 0 Å². The molecule has 18 heavy (non-hydrogen) atoms. The maximum absolute atomic E-state index is 3.64. The molecule has 2 rings (SSSR count). The smallest absolute Gasteiger partial charge is 0.0367 e. The lowest BCUT2D eigenvalue weighted by Gasteiger charge is -2.37. The summed E-state index contributed by atoms with van der Waals surface area (Å²) in [6, 6.07) is 9.07. The Morgan fingerprint density at radius 2 is 1.89 bits per heavy atom. The number of hydrogen-bond donors (Lipinski definition) is 1. The van der Waals surface area contributed by atoms with Gasteiger partial charge in [-0.05, 0) is 57.4 Å². The van der Waals surface area contributed by atoms with Gasteiger partial charge in [-0.1, -0.05) is 19.1 Å². The van der Waals surface area contributed by atoms with Crippen molar-refractivity contribution in [1.29, 1.82) is 0 Å². The lowest BCUT2D eigenvalue weighted by Crippen LogP contribution is -2.51. The average Bonchev–Trinajstić information content (AvgIpc) is 2.34. The Balaban J connectivity index is 2.12. The van der Waals surface area contributed by atoms with Crippen molar-refractivity contribution in [3.05, 3.63) is 29.8 Å². The highest BCUT2D eigenvalue weighted by molar-refractivity contribution is 5.48. The van der Waals surface area contributed by atoms with Crippen LogP contribution in [-0.4, -0.2) is 25.2 Å². The lowest BCUT2D eigenvalue weighted by molar-refractivity contribution is 0.364. The van der Waals surface area contributed by atoms with Crippen LogP contribution in [0.2, 0.25) is 0 Å². The van der Waals surface area contributed by atoms with Crippen molar-refractivity contribution in [3.63, 3.8) is 0 Å². The van der Waals surface area contributed by atoms with Gasteiger partial charge in [0.25, 0.3) is 0 Å². The molecule has 0 amide bonds. The van der Waals surface area contributed by atoms with Crippen molar-refractivity contribution < 1.29 is 0 Å². The summed E-state index contributed by atoms with van der Waals surface area (Å²) in [6.45, 7) is 10.2. The molecule has 1 saturated heterocycles. The van der Waals surface area contributed by atoms with Gasteiger partial charge in [0.2, 0.25) is 0 Å². The zero-order valence-corrected chi connectivity index (χ0v) is 12.0. The second kappa shape index (κ2) is 5.75. The fourth-order valence-electron chi connectivity index (χ4n) is 2.63. The van der Waals surface area contributed by atoms with E-state index in [0.29, 0.717) is 0 Å². The van der Waals surface area contributed by atoms with Crippen LogP contribution in [0.15, 0.2) is 24.3 Å². The van der Waals surface area contributed by atoms with Crippen molar-refractivity contribution in [3.8, 4) is 0 Å². The van der Waals surface area contributed by atoms with Gasteiger partial charge in [0.05, 0.1) is 0 Å². The quantitative estimate of drug-likeness (QED) is 0.862. The molecular weight excluding hydrogens is 220 g/mol. The first-order valence-corrected chi connectivity index (χ1v) is 7.20. The zero-order valence-electron chi connectivity index (χ0n) is 12.0. The molecule has 0 spiro atoms. The highest BCUT2D eigenvalue weighted by Crippen LogP contribution is 2.20. The fourth-order valence-corrected chi connectivity index (χ4v) is 2.63. The van der Waals surface area contributed by atoms with Gasteiger partial charge in [0.1, 0.15) is 0 Å². The monoisotopic (exact) mass is 246 g/mol. The highest BCUT2D eigenvalue weighted by atomic mass is 15.2. The number of nitrogens with zero attached hydrogens (tertiary/aromatic N) is 1. The molecule has 2 heteroatoms. The van der Waals surface area contributed by atoms with Crippen molar-refractivity contribution in [1.82, 2.24) is 5.32 Å². The summed E-state index contributed by atoms with van der Waals surface area (Å²) < 4.78 is 0. The van der Waals surface area contributed by atoms with Gasteiger partial charge in [-0.2, -0.15) is 0 Å². The molecule has 0 radical (unpaired) electrons. The van der Waals surface area contributed by atoms with Crippen LogP contribution in [0.5, 0.6) is 0 Å². The molecule has 0 aromatic heterocycles. The van der Waals surface area contributed by atoms with Gasteiger partial charge in [-0.15, -0.1) is 0 Å². The number of benzene rings is 1. The number of nitrogens with one attached hydrogen (secondary N) is 1. The predicted octanol–water partition coefficient (Wildman–Crippen LogP) is 3.22. The Hall–Kier alpha value is -1.02. The Kier molecular flexibility index (Phi) is 4.28. The van der Waals surface area contributed by atoms with Crippen LogP contribution in [0.4, 0.5) is 5.69 Å². The van der Waals surface area contributed by atoms with E-state index in [9.17, 15) is 0 Å². The van der Waals surface area contributed by atoms with Gasteiger partial charge in [-0.25, -0.2) is 0 Å². The topological polar surface area (TPSA) is 15.3 Å². The largest absolute Gasteiger partial charge is 0.370 e. The molecule has 1 aromatic carbocycles. The Labute approximate surface area is 111 Å². The van der Waals surface area contributed by atoms with E-state index < -0.39 is 0 Å². The third kappa shape index (κ3) is 3.49. The van der Waals surface area contributed by atoms with Crippen LogP contribution < -0.4 is 10.2 Å². The van der Waals surface area contributed by atoms with E-state index in [1.165, 1.54) is 30.6 Å². The van der Waals surface area contributed by atoms with Crippen LogP contribution in [0.25, 0.3) is 0 Å². The molecular formula is C16H26N2. The first kappa shape index (κ1) is 13.4. The molecule has 1 aromatic rings. The van der Waals surface area contributed by atoms with E-state index in [2.05, 4.69) is 55.3 Å². The second-order valence-corrected chi connectivity index (χ2v) is 5.96. The van der Waals surface area contributed by atoms with Crippen LogP contribution in [0, 0.1) is 0 Å². The Bertz CT molecular complexity index is 367. The summed E-state index contributed by atoms with van der Waals surface area (Å²) in [5.74, 6) is 0. The second-order valence-electron chi connectivity index (χ2n) is 5.96. The average molecular weight is 246 g/mol. The van der Waals surface area contributed by atoms with Gasteiger partial charge >= 0.3 is 0 Å². The molecule has 1 fully saturated rings. The molecule has 1 N–H and O–H groups in total. The van der Waals surface area contributed by atoms with Crippen LogP contribution in [0.1, 0.15) is 39.2 Å². The first-order valence-electron chi connectivity index (χ1n) is 7.20. The van der Waals surface area contributed by atoms with Gasteiger partial charge < -0.3 is 10.2 Å². The molecule has 2 nitrogen and oxygen atoms in total. The molecule has 0 bridgehead atoms. The molecule has 0 atom stereocenters. The summed E-state index contributed by atoms with van der Waals surface area (Å²) in [5.41, 5.74) is 2.98. The predicted molar refractivity (Wildman–Crippen MR) is 79.3 cm³/mol. The molecule has 1 aliphatic heterocycles. The number of anilines is 1. The van der Waals surface area contributed by atoms with Crippen molar-refractivity contribution in [2.75, 3.05) is 24.5 Å². The normalized spacial score (nSPS) is 20.3. The number of aryl methyl sites for hydroxylation is 1. The van der Waals surface area contributed by atoms with Crippen molar-refractivity contribution in [2.45, 2.75) is 45.6 Å². The summed E-state index contributed by atoms with van der Waals surface area (Å²) in [6.07, 6.45) is 3.67.